The predicted molar refractivity (Wildman–Crippen MR) is 84.4 cm³/mol. The Hall–Kier alpha value is -1.76. The Morgan fingerprint density at radius 3 is 2.79 bits per heavy atom. The van der Waals surface area contributed by atoms with Crippen LogP contribution in [0, 0.1) is 0 Å². The first-order chi connectivity index (χ1) is 11.4. The van der Waals surface area contributed by atoms with Crippen LogP contribution in [0.5, 0.6) is 0 Å². The molecule has 0 radical (unpaired) electrons. The Bertz CT molecular complexity index is 605. The number of hydrogen-bond acceptors (Lipinski definition) is 2. The third-order valence-electron chi connectivity index (χ3n) is 4.99. The highest BCUT2D eigenvalue weighted by molar-refractivity contribution is 5.74. The van der Waals surface area contributed by atoms with E-state index in [2.05, 4.69) is 10.2 Å². The summed E-state index contributed by atoms with van der Waals surface area (Å²) in [6.45, 7) is 1.99. The zero-order chi connectivity index (χ0) is 17.3. The van der Waals surface area contributed by atoms with Gasteiger partial charge in [-0.05, 0) is 37.4 Å². The lowest BCUT2D eigenvalue weighted by Crippen LogP contribution is -2.47. The fourth-order valence-electron chi connectivity index (χ4n) is 3.78. The molecule has 1 aromatic rings. The number of rotatable bonds is 3. The SMILES string of the molecule is CN(Cc1ccccc1C(F)(F)F)C(=O)NC1CCN2CCCC12. The minimum absolute atomic E-state index is 0.0668. The highest BCUT2D eigenvalue weighted by Crippen LogP contribution is 2.32. The van der Waals surface area contributed by atoms with Gasteiger partial charge < -0.3 is 10.2 Å². The molecule has 2 heterocycles. The van der Waals surface area contributed by atoms with Gasteiger partial charge in [-0.2, -0.15) is 13.2 Å². The molecule has 4 nitrogen and oxygen atoms in total. The van der Waals surface area contributed by atoms with Crippen LogP contribution in [0.15, 0.2) is 24.3 Å². The smallest absolute Gasteiger partial charge is 0.334 e. The van der Waals surface area contributed by atoms with Gasteiger partial charge in [0.25, 0.3) is 0 Å². The quantitative estimate of drug-likeness (QED) is 0.917. The molecule has 0 bridgehead atoms. The zero-order valence-corrected chi connectivity index (χ0v) is 13.6. The third kappa shape index (κ3) is 3.50. The minimum Gasteiger partial charge on any atom is -0.334 e. The molecule has 2 atom stereocenters. The molecule has 1 aromatic carbocycles. The van der Waals surface area contributed by atoms with Crippen LogP contribution in [0.4, 0.5) is 18.0 Å². The Balaban J connectivity index is 1.63. The molecule has 1 N–H and O–H groups in total. The van der Waals surface area contributed by atoms with Gasteiger partial charge in [0.15, 0.2) is 0 Å². The standard InChI is InChI=1S/C17H22F3N3O/c1-22(11-12-5-2-3-6-13(12)17(18,19)20)16(24)21-14-8-10-23-9-4-7-15(14)23/h2-3,5-6,14-15H,4,7-11H2,1H3,(H,21,24). The van der Waals surface area contributed by atoms with Crippen molar-refractivity contribution in [1.29, 1.82) is 0 Å². The number of benzene rings is 1. The van der Waals surface area contributed by atoms with Crippen LogP contribution in [0.1, 0.15) is 30.4 Å². The van der Waals surface area contributed by atoms with Gasteiger partial charge >= 0.3 is 12.2 Å². The van der Waals surface area contributed by atoms with E-state index in [-0.39, 0.29) is 24.2 Å². The summed E-state index contributed by atoms with van der Waals surface area (Å²) in [6, 6.07) is 5.55. The largest absolute Gasteiger partial charge is 0.416 e. The molecule has 2 fully saturated rings. The fourth-order valence-corrected chi connectivity index (χ4v) is 3.78. The average molecular weight is 341 g/mol. The molecule has 7 heteroatoms. The normalized spacial score (nSPS) is 24.0. The van der Waals surface area contributed by atoms with E-state index >= 15 is 0 Å². The summed E-state index contributed by atoms with van der Waals surface area (Å²) in [5.41, 5.74) is -0.580. The van der Waals surface area contributed by atoms with Gasteiger partial charge in [-0.25, -0.2) is 4.79 Å². The van der Waals surface area contributed by atoms with Crippen molar-refractivity contribution in [3.63, 3.8) is 0 Å². The lowest BCUT2D eigenvalue weighted by molar-refractivity contribution is -0.138. The summed E-state index contributed by atoms with van der Waals surface area (Å²) >= 11 is 0. The van der Waals surface area contributed by atoms with Gasteiger partial charge in [0, 0.05) is 32.2 Å². The van der Waals surface area contributed by atoms with Crippen molar-refractivity contribution in [3.05, 3.63) is 35.4 Å². The number of alkyl halides is 3. The van der Waals surface area contributed by atoms with E-state index < -0.39 is 11.7 Å². The molecule has 2 unspecified atom stereocenters. The molecule has 3 rings (SSSR count). The topological polar surface area (TPSA) is 35.6 Å². The first-order valence-corrected chi connectivity index (χ1v) is 8.27. The Morgan fingerprint density at radius 2 is 2.04 bits per heavy atom. The van der Waals surface area contributed by atoms with Crippen molar-refractivity contribution in [2.45, 2.75) is 44.1 Å². The van der Waals surface area contributed by atoms with Crippen molar-refractivity contribution in [1.82, 2.24) is 15.1 Å². The summed E-state index contributed by atoms with van der Waals surface area (Å²) in [4.78, 5) is 16.1. The van der Waals surface area contributed by atoms with Gasteiger partial charge in [-0.1, -0.05) is 18.2 Å². The molecular formula is C17H22F3N3O. The second-order valence-corrected chi connectivity index (χ2v) is 6.60. The Labute approximate surface area is 139 Å². The molecule has 2 aliphatic heterocycles. The van der Waals surface area contributed by atoms with Crippen LogP contribution >= 0.6 is 0 Å². The van der Waals surface area contributed by atoms with Gasteiger partial charge in [0.1, 0.15) is 0 Å². The highest BCUT2D eigenvalue weighted by Gasteiger charge is 2.38. The Kier molecular flexibility index (Phi) is 4.71. The summed E-state index contributed by atoms with van der Waals surface area (Å²) < 4.78 is 39.1. The molecular weight excluding hydrogens is 319 g/mol. The number of nitrogens with one attached hydrogen (secondary N) is 1. The van der Waals surface area contributed by atoms with E-state index in [1.54, 1.807) is 6.07 Å². The molecule has 2 aliphatic rings. The first-order valence-electron chi connectivity index (χ1n) is 8.27. The second-order valence-electron chi connectivity index (χ2n) is 6.60. The molecule has 2 amide bonds. The Morgan fingerprint density at radius 1 is 1.29 bits per heavy atom. The van der Waals surface area contributed by atoms with E-state index in [0.29, 0.717) is 6.04 Å². The zero-order valence-electron chi connectivity index (χ0n) is 13.6. The summed E-state index contributed by atoms with van der Waals surface area (Å²) in [5.74, 6) is 0. The lowest BCUT2D eigenvalue weighted by Gasteiger charge is -2.25. The molecule has 132 valence electrons. The fraction of sp³-hybridized carbons (Fsp3) is 0.588. The van der Waals surface area contributed by atoms with Crippen molar-refractivity contribution >= 4 is 6.03 Å². The van der Waals surface area contributed by atoms with Gasteiger partial charge in [0.05, 0.1) is 5.56 Å². The summed E-state index contributed by atoms with van der Waals surface area (Å²) in [7, 11) is 1.53. The highest BCUT2D eigenvalue weighted by atomic mass is 19.4. The summed E-state index contributed by atoms with van der Waals surface area (Å²) in [6.07, 6.45) is -1.29. The van der Waals surface area contributed by atoms with E-state index in [4.69, 9.17) is 0 Å². The minimum atomic E-state index is -4.41. The number of nitrogens with zero attached hydrogens (tertiary/aromatic N) is 2. The molecule has 0 saturated carbocycles. The maximum absolute atomic E-state index is 13.0. The predicted octanol–water partition coefficient (Wildman–Crippen LogP) is 3.08. The second kappa shape index (κ2) is 6.63. The maximum Gasteiger partial charge on any atom is 0.416 e. The van der Waals surface area contributed by atoms with E-state index in [1.165, 1.54) is 24.1 Å². The van der Waals surface area contributed by atoms with Gasteiger partial charge in [-0.15, -0.1) is 0 Å². The number of halogens is 3. The first kappa shape index (κ1) is 17.1. The summed E-state index contributed by atoms with van der Waals surface area (Å²) in [5, 5.41) is 2.99. The van der Waals surface area contributed by atoms with Crippen molar-refractivity contribution in [3.8, 4) is 0 Å². The molecule has 0 aromatic heterocycles. The number of carbonyl (C=O) groups is 1. The van der Waals surface area contributed by atoms with Crippen LogP contribution in [0.2, 0.25) is 0 Å². The monoisotopic (exact) mass is 341 g/mol. The molecule has 0 spiro atoms. The molecule has 2 saturated heterocycles. The van der Waals surface area contributed by atoms with Crippen molar-refractivity contribution in [2.75, 3.05) is 20.1 Å². The van der Waals surface area contributed by atoms with E-state index in [1.807, 2.05) is 0 Å². The number of urea groups is 1. The van der Waals surface area contributed by atoms with E-state index in [0.717, 1.165) is 38.4 Å². The van der Waals surface area contributed by atoms with Crippen LogP contribution in [-0.4, -0.2) is 48.1 Å². The van der Waals surface area contributed by atoms with Crippen molar-refractivity contribution in [2.24, 2.45) is 0 Å². The van der Waals surface area contributed by atoms with Gasteiger partial charge in [0.2, 0.25) is 0 Å². The van der Waals surface area contributed by atoms with Crippen molar-refractivity contribution < 1.29 is 18.0 Å². The maximum atomic E-state index is 13.0. The lowest BCUT2D eigenvalue weighted by atomic mass is 10.1. The van der Waals surface area contributed by atoms with Crippen LogP contribution < -0.4 is 5.32 Å². The van der Waals surface area contributed by atoms with E-state index in [9.17, 15) is 18.0 Å². The average Bonchev–Trinajstić information content (AvgIpc) is 3.11. The van der Waals surface area contributed by atoms with Crippen LogP contribution in [-0.2, 0) is 12.7 Å². The molecule has 24 heavy (non-hydrogen) atoms. The number of hydrogen-bond donors (Lipinski definition) is 1. The third-order valence-corrected chi connectivity index (χ3v) is 4.99. The number of fused-ring (bicyclic) bond motifs is 1. The molecule has 0 aliphatic carbocycles. The van der Waals surface area contributed by atoms with Crippen LogP contribution in [0.25, 0.3) is 0 Å². The van der Waals surface area contributed by atoms with Gasteiger partial charge in [-0.3, -0.25) is 4.90 Å². The number of amides is 2. The number of carbonyl (C=O) groups excluding carboxylic acids is 1. The van der Waals surface area contributed by atoms with Crippen LogP contribution in [0.3, 0.4) is 0 Å².